The summed E-state index contributed by atoms with van der Waals surface area (Å²) in [5.74, 6) is -5.68. The van der Waals surface area contributed by atoms with E-state index in [1.165, 1.54) is 58.5 Å². The number of methoxy groups -OCH3 is 3. The molecule has 4 fully saturated rings. The van der Waals surface area contributed by atoms with Gasteiger partial charge in [0.25, 0.3) is 5.91 Å². The standard InChI is InChI=1S/C58H84Cl2N4O18/c1-17-43-58(12)49(64(55(70)82-58)21-18-22-74-42-24-37(19-20-41(42)71-14)52(68)63-45-38(59)27-62-28-39(45)60)31(4)46(67)29(2)25-56(10,72-15)50(81-54-48(77-35(8)65)40(61-13)23-30(3)75-54)32(5)47(33(6)53(69)79-43)80-44-26-57(11,73-16)51(34(7)76-44)78-36(9)66/h19-20,24,27-34,40,43-44,47-51,54,61H,17-18,21-23,25-26H2,1-16H3,(H,62,63,68)/t29-,30-,31+,32+,33-,34+,40+,43-,44+,47+,48-,49-,50-,51+,54+,56-,57-,58-/m1/s1. The van der Waals surface area contributed by atoms with Crippen molar-refractivity contribution in [3.8, 4) is 11.5 Å². The van der Waals surface area contributed by atoms with E-state index in [1.54, 1.807) is 74.6 Å². The Kier molecular flexibility index (Phi) is 22.5. The van der Waals surface area contributed by atoms with Crippen LogP contribution in [0.15, 0.2) is 30.6 Å². The van der Waals surface area contributed by atoms with Crippen LogP contribution in [0.4, 0.5) is 10.5 Å². The zero-order valence-corrected chi connectivity index (χ0v) is 51.5. The monoisotopic (exact) mass is 1190 g/mol. The third kappa shape index (κ3) is 14.6. The van der Waals surface area contributed by atoms with E-state index in [2.05, 4.69) is 15.6 Å². The number of nitrogens with zero attached hydrogens (tertiary/aromatic N) is 2. The quantitative estimate of drug-likeness (QED) is 0.0811. The number of ether oxygens (including phenoxy) is 12. The Morgan fingerprint density at radius 2 is 1.48 bits per heavy atom. The fraction of sp³-hybridized carbons (Fsp3) is 0.707. The maximum Gasteiger partial charge on any atom is 0.410 e. The Morgan fingerprint density at radius 1 is 0.829 bits per heavy atom. The number of aromatic nitrogens is 1. The number of carbonyl (C=O) groups is 6. The lowest BCUT2D eigenvalue weighted by Crippen LogP contribution is -2.62. The number of carbonyl (C=O) groups excluding carboxylic acids is 6. The van der Waals surface area contributed by atoms with Crippen molar-refractivity contribution in [2.24, 2.45) is 23.7 Å². The summed E-state index contributed by atoms with van der Waals surface area (Å²) in [5.41, 5.74) is -3.69. The minimum Gasteiger partial charge on any atom is -0.493 e. The summed E-state index contributed by atoms with van der Waals surface area (Å²) in [6.07, 6.45) is -5.52. The fourth-order valence-corrected chi connectivity index (χ4v) is 12.9. The number of likely N-dealkylation sites (N-methyl/N-ethyl adjacent to an activating group) is 1. The maximum atomic E-state index is 15.3. The third-order valence-electron chi connectivity index (χ3n) is 16.7. The van der Waals surface area contributed by atoms with E-state index in [4.69, 9.17) is 80.0 Å². The summed E-state index contributed by atoms with van der Waals surface area (Å²) in [6, 6.07) is 3.24. The van der Waals surface area contributed by atoms with Crippen molar-refractivity contribution < 1.29 is 85.6 Å². The zero-order chi connectivity index (χ0) is 60.8. The number of rotatable bonds is 18. The van der Waals surface area contributed by atoms with Gasteiger partial charge in [-0.15, -0.1) is 0 Å². The molecular formula is C58H84Cl2N4O18. The molecule has 82 heavy (non-hydrogen) atoms. The second-order valence-corrected chi connectivity index (χ2v) is 23.5. The van der Waals surface area contributed by atoms with Gasteiger partial charge in [0, 0.05) is 76.7 Å². The number of hydrogen-bond donors (Lipinski definition) is 2. The van der Waals surface area contributed by atoms with Gasteiger partial charge in [0.15, 0.2) is 41.9 Å². The van der Waals surface area contributed by atoms with Crippen molar-refractivity contribution in [1.29, 1.82) is 0 Å². The van der Waals surface area contributed by atoms with E-state index < -0.39 is 132 Å². The van der Waals surface area contributed by atoms with Gasteiger partial charge >= 0.3 is 24.0 Å². The Balaban J connectivity index is 1.37. The SMILES string of the molecule is CC[C@H]1OC(=O)[C@H](C)[C@@H](O[C@H]2C[C@@](C)(OC)[C@@H](OC(C)=O)[C@H](C)O2)[C@H](C)[C@@H](O[C@@H]2O[C@H](C)C[C@H](NC)[C@H]2OC(C)=O)[C@](C)(OC)C[C@@H](C)C(=O)[C@H](C)[C@H]2N(CCCOc3cc(C(=O)Nc4c(Cl)cncc4Cl)ccc3OC)C(=O)O[C@]12C. The number of esters is 3. The first-order valence-corrected chi connectivity index (χ1v) is 28.7. The molecule has 4 saturated heterocycles. The molecule has 1 aromatic heterocycles. The molecule has 1 aromatic carbocycles. The lowest BCUT2D eigenvalue weighted by Gasteiger charge is -2.50. The number of pyridine rings is 1. The third-order valence-corrected chi connectivity index (χ3v) is 17.3. The Hall–Kier alpha value is -4.91. The molecule has 18 atom stereocenters. The minimum absolute atomic E-state index is 0.0144. The predicted octanol–water partition coefficient (Wildman–Crippen LogP) is 8.14. The average Bonchev–Trinajstić information content (AvgIpc) is 3.86. The molecular weight excluding hydrogens is 1110 g/mol. The van der Waals surface area contributed by atoms with E-state index in [9.17, 15) is 19.2 Å². The van der Waals surface area contributed by atoms with Gasteiger partial charge in [-0.25, -0.2) is 4.79 Å². The summed E-state index contributed by atoms with van der Waals surface area (Å²) in [6.45, 7) is 20.3. The van der Waals surface area contributed by atoms with Gasteiger partial charge in [0.2, 0.25) is 0 Å². The van der Waals surface area contributed by atoms with Crippen molar-refractivity contribution in [1.82, 2.24) is 15.2 Å². The zero-order valence-electron chi connectivity index (χ0n) is 50.0. The molecule has 0 saturated carbocycles. The largest absolute Gasteiger partial charge is 0.493 e. The number of anilines is 1. The van der Waals surface area contributed by atoms with Crippen LogP contribution in [0.3, 0.4) is 0 Å². The number of ketones is 1. The molecule has 4 aliphatic heterocycles. The summed E-state index contributed by atoms with van der Waals surface area (Å²) in [4.78, 5) is 88.9. The van der Waals surface area contributed by atoms with Crippen molar-refractivity contribution in [2.45, 2.75) is 199 Å². The van der Waals surface area contributed by atoms with Crippen molar-refractivity contribution in [2.75, 3.05) is 46.8 Å². The van der Waals surface area contributed by atoms with Crippen LogP contribution in [0.5, 0.6) is 11.5 Å². The van der Waals surface area contributed by atoms with Gasteiger partial charge in [-0.3, -0.25) is 29.0 Å². The van der Waals surface area contributed by atoms with Gasteiger partial charge in [-0.05, 0) is 92.5 Å². The smallest absolute Gasteiger partial charge is 0.410 e. The van der Waals surface area contributed by atoms with E-state index >= 15 is 9.59 Å². The molecule has 4 aliphatic rings. The number of halogens is 2. The van der Waals surface area contributed by atoms with Crippen molar-refractivity contribution in [3.63, 3.8) is 0 Å². The number of amides is 2. The van der Waals surface area contributed by atoms with E-state index in [1.807, 2.05) is 13.8 Å². The number of Topliss-reactive ketones (excluding diaryl/α,β-unsaturated/α-hetero) is 1. The summed E-state index contributed by atoms with van der Waals surface area (Å²) < 4.78 is 75.9. The van der Waals surface area contributed by atoms with Crippen LogP contribution in [0.2, 0.25) is 10.0 Å². The summed E-state index contributed by atoms with van der Waals surface area (Å²) in [7, 11) is 6.21. The van der Waals surface area contributed by atoms with Crippen molar-refractivity contribution in [3.05, 3.63) is 46.2 Å². The van der Waals surface area contributed by atoms with E-state index in [0.29, 0.717) is 12.2 Å². The first kappa shape index (κ1) is 66.2. The first-order chi connectivity index (χ1) is 38.6. The van der Waals surface area contributed by atoms with Crippen LogP contribution in [0.25, 0.3) is 0 Å². The van der Waals surface area contributed by atoms with Gasteiger partial charge < -0.3 is 72.4 Å². The second-order valence-electron chi connectivity index (χ2n) is 22.7. The topological polar surface area (TPSA) is 253 Å². The van der Waals surface area contributed by atoms with E-state index in [-0.39, 0.29) is 77.8 Å². The molecule has 2 aromatic rings. The highest BCUT2D eigenvalue weighted by Crippen LogP contribution is 2.45. The molecule has 5 heterocycles. The highest BCUT2D eigenvalue weighted by molar-refractivity contribution is 6.39. The summed E-state index contributed by atoms with van der Waals surface area (Å²) >= 11 is 12.5. The molecule has 0 aliphatic carbocycles. The molecule has 6 rings (SSSR count). The summed E-state index contributed by atoms with van der Waals surface area (Å²) in [5, 5.41) is 6.25. The molecule has 458 valence electrons. The number of hydrogen-bond acceptors (Lipinski definition) is 20. The molecule has 0 bridgehead atoms. The molecule has 0 spiro atoms. The Morgan fingerprint density at radius 3 is 2.07 bits per heavy atom. The second kappa shape index (κ2) is 27.9. The Bertz CT molecular complexity index is 2580. The highest BCUT2D eigenvalue weighted by atomic mass is 35.5. The van der Waals surface area contributed by atoms with Crippen LogP contribution in [-0.4, -0.2) is 171 Å². The van der Waals surface area contributed by atoms with Gasteiger partial charge in [-0.1, -0.05) is 50.9 Å². The lowest BCUT2D eigenvalue weighted by atomic mass is 9.73. The number of fused-ring (bicyclic) bond motifs is 1. The average molecular weight is 1200 g/mol. The molecule has 2 N–H and O–H groups in total. The van der Waals surface area contributed by atoms with E-state index in [0.717, 1.165) is 0 Å². The van der Waals surface area contributed by atoms with Crippen LogP contribution < -0.4 is 20.1 Å². The van der Waals surface area contributed by atoms with Crippen LogP contribution in [-0.2, 0) is 66.5 Å². The van der Waals surface area contributed by atoms with Gasteiger partial charge in [0.1, 0.15) is 17.5 Å². The normalized spacial score (nSPS) is 35.6. The predicted molar refractivity (Wildman–Crippen MR) is 300 cm³/mol. The number of benzene rings is 1. The fourth-order valence-electron chi connectivity index (χ4n) is 12.4. The molecule has 22 nitrogen and oxygen atoms in total. The number of cyclic esters (lactones) is 1. The molecule has 0 radical (unpaired) electrons. The van der Waals surface area contributed by atoms with Gasteiger partial charge in [-0.2, -0.15) is 0 Å². The molecule has 2 amide bonds. The van der Waals surface area contributed by atoms with Gasteiger partial charge in [0.05, 0.1) is 77.5 Å². The van der Waals surface area contributed by atoms with Crippen LogP contribution in [0, 0.1) is 23.7 Å². The van der Waals surface area contributed by atoms with Crippen LogP contribution in [0.1, 0.15) is 126 Å². The molecule has 24 heteroatoms. The lowest BCUT2D eigenvalue weighted by molar-refractivity contribution is -0.318. The van der Waals surface area contributed by atoms with Crippen molar-refractivity contribution >= 4 is 64.6 Å². The molecule has 0 unspecified atom stereocenters. The van der Waals surface area contributed by atoms with Crippen LogP contribution >= 0.6 is 23.2 Å². The minimum atomic E-state index is -1.58. The maximum absolute atomic E-state index is 15.3. The highest BCUT2D eigenvalue weighted by Gasteiger charge is 2.61. The number of nitrogens with one attached hydrogen (secondary N) is 2. The Labute approximate surface area is 491 Å². The first-order valence-electron chi connectivity index (χ1n) is 28.0.